The number of carbonyl (C=O) groups is 4. The number of hydrogen-bond acceptors (Lipinski definition) is 6. The van der Waals surface area contributed by atoms with Crippen molar-refractivity contribution in [3.05, 3.63) is 12.2 Å². The second-order valence-corrected chi connectivity index (χ2v) is 5.75. The first-order chi connectivity index (χ1) is 11.6. The van der Waals surface area contributed by atoms with Crippen LogP contribution in [0.1, 0.15) is 25.7 Å². The SMILES string of the molecule is NN(CCN1C(=O)C=CC1=O)C(=O)C1(OC(=O)C(F)(F)F)CCCC1. The molecule has 0 bridgehead atoms. The topological polar surface area (TPSA) is 110 Å². The van der Waals surface area contributed by atoms with E-state index >= 15 is 0 Å². The number of alkyl halides is 3. The monoisotopic (exact) mass is 363 g/mol. The van der Waals surface area contributed by atoms with Gasteiger partial charge in [0.2, 0.25) is 0 Å². The molecule has 2 N–H and O–H groups in total. The van der Waals surface area contributed by atoms with Crippen LogP contribution in [0.4, 0.5) is 13.2 Å². The summed E-state index contributed by atoms with van der Waals surface area (Å²) in [6, 6.07) is 0. The Morgan fingerprint density at radius 3 is 2.20 bits per heavy atom. The number of halogens is 3. The van der Waals surface area contributed by atoms with E-state index in [0.717, 1.165) is 17.1 Å². The normalized spacial score (nSPS) is 19.4. The van der Waals surface area contributed by atoms with Crippen molar-refractivity contribution in [3.8, 4) is 0 Å². The van der Waals surface area contributed by atoms with Crippen molar-refractivity contribution in [1.82, 2.24) is 9.91 Å². The molecule has 0 aromatic rings. The van der Waals surface area contributed by atoms with Gasteiger partial charge in [0.05, 0.1) is 6.54 Å². The van der Waals surface area contributed by atoms with Crippen LogP contribution in [0.25, 0.3) is 0 Å². The van der Waals surface area contributed by atoms with Crippen LogP contribution in [-0.2, 0) is 23.9 Å². The minimum atomic E-state index is -5.23. The lowest BCUT2D eigenvalue weighted by Crippen LogP contribution is -2.55. The van der Waals surface area contributed by atoms with Gasteiger partial charge in [-0.2, -0.15) is 13.2 Å². The molecule has 25 heavy (non-hydrogen) atoms. The van der Waals surface area contributed by atoms with Crippen molar-refractivity contribution in [1.29, 1.82) is 0 Å². The maximum absolute atomic E-state index is 12.5. The van der Waals surface area contributed by atoms with E-state index in [1.807, 2.05) is 0 Å². The number of imide groups is 1. The zero-order valence-corrected chi connectivity index (χ0v) is 13.0. The van der Waals surface area contributed by atoms with Gasteiger partial charge in [0.1, 0.15) is 0 Å². The van der Waals surface area contributed by atoms with Gasteiger partial charge in [0, 0.05) is 18.7 Å². The largest absolute Gasteiger partial charge is 0.490 e. The average molecular weight is 363 g/mol. The van der Waals surface area contributed by atoms with Gasteiger partial charge in [-0.1, -0.05) is 0 Å². The highest BCUT2D eigenvalue weighted by Crippen LogP contribution is 2.36. The quantitative estimate of drug-likeness (QED) is 0.243. The van der Waals surface area contributed by atoms with Crippen LogP contribution in [0.2, 0.25) is 0 Å². The lowest BCUT2D eigenvalue weighted by Gasteiger charge is -2.32. The summed E-state index contributed by atoms with van der Waals surface area (Å²) in [7, 11) is 0. The third-order valence-corrected chi connectivity index (χ3v) is 4.05. The Kier molecular flexibility index (Phi) is 5.16. The van der Waals surface area contributed by atoms with Crippen LogP contribution in [0.5, 0.6) is 0 Å². The lowest BCUT2D eigenvalue weighted by molar-refractivity contribution is -0.215. The molecule has 11 heteroatoms. The molecule has 1 aliphatic heterocycles. The minimum absolute atomic E-state index is 0.0789. The first kappa shape index (κ1) is 18.9. The number of rotatable bonds is 5. The Labute approximate surface area is 140 Å². The summed E-state index contributed by atoms with van der Waals surface area (Å²) in [5.41, 5.74) is -1.97. The molecule has 8 nitrogen and oxygen atoms in total. The Hall–Kier alpha value is -2.43. The molecule has 2 aliphatic rings. The fraction of sp³-hybridized carbons (Fsp3) is 0.571. The Morgan fingerprint density at radius 1 is 1.20 bits per heavy atom. The molecule has 1 heterocycles. The maximum atomic E-state index is 12.5. The van der Waals surface area contributed by atoms with E-state index in [1.165, 1.54) is 0 Å². The third-order valence-electron chi connectivity index (χ3n) is 4.05. The summed E-state index contributed by atoms with van der Waals surface area (Å²) in [4.78, 5) is 47.3. The number of hydrazine groups is 1. The zero-order valence-electron chi connectivity index (χ0n) is 13.0. The zero-order chi connectivity index (χ0) is 18.8. The number of nitrogens with zero attached hydrogens (tertiary/aromatic N) is 2. The average Bonchev–Trinajstić information content (AvgIpc) is 3.12. The second kappa shape index (κ2) is 6.82. The fourth-order valence-electron chi connectivity index (χ4n) is 2.76. The summed E-state index contributed by atoms with van der Waals surface area (Å²) in [6.07, 6.45) is -2.48. The van der Waals surface area contributed by atoms with Crippen LogP contribution in [0, 0.1) is 0 Å². The van der Waals surface area contributed by atoms with Crippen molar-refractivity contribution >= 4 is 23.7 Å². The molecule has 0 atom stereocenters. The van der Waals surface area contributed by atoms with Gasteiger partial charge in [0.15, 0.2) is 5.60 Å². The molecule has 0 aromatic heterocycles. The van der Waals surface area contributed by atoms with E-state index in [4.69, 9.17) is 5.84 Å². The molecular weight excluding hydrogens is 347 g/mol. The van der Waals surface area contributed by atoms with Crippen molar-refractivity contribution in [2.24, 2.45) is 5.84 Å². The van der Waals surface area contributed by atoms with Gasteiger partial charge in [-0.25, -0.2) is 10.6 Å². The van der Waals surface area contributed by atoms with Crippen molar-refractivity contribution in [2.45, 2.75) is 37.5 Å². The second-order valence-electron chi connectivity index (χ2n) is 5.75. The summed E-state index contributed by atoms with van der Waals surface area (Å²) < 4.78 is 41.8. The highest BCUT2D eigenvalue weighted by molar-refractivity contribution is 6.12. The third kappa shape index (κ3) is 3.98. The molecular formula is C14H16F3N3O5. The minimum Gasteiger partial charge on any atom is -0.442 e. The molecule has 0 aromatic carbocycles. The molecule has 1 saturated carbocycles. The Morgan fingerprint density at radius 2 is 1.72 bits per heavy atom. The van der Waals surface area contributed by atoms with Gasteiger partial charge < -0.3 is 4.74 Å². The summed E-state index contributed by atoms with van der Waals surface area (Å²) in [6.45, 7) is -0.528. The van der Waals surface area contributed by atoms with Crippen LogP contribution >= 0.6 is 0 Å². The van der Waals surface area contributed by atoms with Gasteiger partial charge in [-0.3, -0.25) is 24.3 Å². The van der Waals surface area contributed by atoms with Crippen molar-refractivity contribution in [2.75, 3.05) is 13.1 Å². The Bertz CT molecular complexity index is 608. The number of nitrogens with two attached hydrogens (primary N) is 1. The first-order valence-corrected chi connectivity index (χ1v) is 7.47. The smallest absolute Gasteiger partial charge is 0.442 e. The van der Waals surface area contributed by atoms with Gasteiger partial charge in [0.25, 0.3) is 17.7 Å². The number of carbonyl (C=O) groups excluding carboxylic acids is 4. The first-order valence-electron chi connectivity index (χ1n) is 7.47. The standard InChI is InChI=1S/C14H16F3N3O5/c15-14(16,17)12(24)25-13(5-1-2-6-13)11(23)20(18)8-7-19-9(21)3-4-10(19)22/h3-4H,1-2,5-8,18H2. The molecule has 0 radical (unpaired) electrons. The van der Waals surface area contributed by atoms with Crippen molar-refractivity contribution < 1.29 is 37.1 Å². The highest BCUT2D eigenvalue weighted by Gasteiger charge is 2.52. The summed E-state index contributed by atoms with van der Waals surface area (Å²) >= 11 is 0. The van der Waals surface area contributed by atoms with Crippen LogP contribution in [0.15, 0.2) is 12.2 Å². The summed E-state index contributed by atoms with van der Waals surface area (Å²) in [5.74, 6) is 0.976. The van der Waals surface area contributed by atoms with E-state index < -0.39 is 35.5 Å². The number of amides is 3. The summed E-state index contributed by atoms with van der Waals surface area (Å²) in [5, 5.41) is 0.577. The number of hydrogen-bond donors (Lipinski definition) is 1. The van der Waals surface area contributed by atoms with Crippen LogP contribution < -0.4 is 5.84 Å². The maximum Gasteiger partial charge on any atom is 0.490 e. The predicted octanol–water partition coefficient (Wildman–Crippen LogP) is 0.0320. The molecule has 1 aliphatic carbocycles. The van der Waals surface area contributed by atoms with E-state index in [0.29, 0.717) is 17.9 Å². The van der Waals surface area contributed by atoms with Crippen LogP contribution in [0.3, 0.4) is 0 Å². The molecule has 0 unspecified atom stereocenters. The molecule has 1 fully saturated rings. The van der Waals surface area contributed by atoms with Gasteiger partial charge in [-0.15, -0.1) is 0 Å². The number of ether oxygens (including phenoxy) is 1. The predicted molar refractivity (Wildman–Crippen MR) is 75.1 cm³/mol. The lowest BCUT2D eigenvalue weighted by atomic mass is 10.0. The molecule has 3 amide bonds. The molecule has 0 saturated heterocycles. The van der Waals surface area contributed by atoms with Crippen molar-refractivity contribution in [3.63, 3.8) is 0 Å². The molecule has 2 rings (SSSR count). The van der Waals surface area contributed by atoms with E-state index in [2.05, 4.69) is 4.74 Å². The molecule has 138 valence electrons. The van der Waals surface area contributed by atoms with Gasteiger partial charge >= 0.3 is 12.1 Å². The van der Waals surface area contributed by atoms with E-state index in [-0.39, 0.29) is 25.9 Å². The van der Waals surface area contributed by atoms with E-state index in [9.17, 15) is 32.3 Å². The fourth-order valence-corrected chi connectivity index (χ4v) is 2.76. The number of esters is 1. The Balaban J connectivity index is 2.03. The van der Waals surface area contributed by atoms with Gasteiger partial charge in [-0.05, 0) is 25.7 Å². The highest BCUT2D eigenvalue weighted by atomic mass is 19.4. The van der Waals surface area contributed by atoms with E-state index in [1.54, 1.807) is 0 Å². The molecule has 0 spiro atoms. The van der Waals surface area contributed by atoms with Crippen LogP contribution in [-0.4, -0.2) is 58.5 Å².